The molecule has 2 N–H and O–H groups in total. The first-order valence-corrected chi connectivity index (χ1v) is 11.6. The van der Waals surface area contributed by atoms with Crippen molar-refractivity contribution in [3.63, 3.8) is 0 Å². The van der Waals surface area contributed by atoms with Crippen LogP contribution in [0.4, 0.5) is 16.2 Å². The molecule has 1 atom stereocenters. The minimum Gasteiger partial charge on any atom is -0.497 e. The van der Waals surface area contributed by atoms with Crippen molar-refractivity contribution in [2.75, 3.05) is 23.3 Å². The molecular formula is C22H24N4O6S. The second kappa shape index (κ2) is 9.82. The fourth-order valence-corrected chi connectivity index (χ4v) is 5.10. The number of sulfonamides is 1. The summed E-state index contributed by atoms with van der Waals surface area (Å²) in [5.74, 6) is -1.16. The lowest BCUT2D eigenvalue weighted by Crippen LogP contribution is -2.55. The van der Waals surface area contributed by atoms with Crippen LogP contribution in [0, 0.1) is 0 Å². The number of aryl methyl sites for hydroxylation is 1. The first kappa shape index (κ1) is 23.9. The highest BCUT2D eigenvalue weighted by Gasteiger charge is 2.43. The minimum atomic E-state index is -4.48. The lowest BCUT2D eigenvalue weighted by Gasteiger charge is -2.29. The summed E-state index contributed by atoms with van der Waals surface area (Å²) in [6, 6.07) is 12.2. The van der Waals surface area contributed by atoms with Crippen LogP contribution in [0.3, 0.4) is 0 Å². The summed E-state index contributed by atoms with van der Waals surface area (Å²) in [7, 11) is -3.02. The summed E-state index contributed by atoms with van der Waals surface area (Å²) in [4.78, 5) is 40.2. The van der Waals surface area contributed by atoms with Gasteiger partial charge in [0.05, 0.1) is 18.5 Å². The highest BCUT2D eigenvalue weighted by atomic mass is 32.2. The molecule has 11 heteroatoms. The van der Waals surface area contributed by atoms with Gasteiger partial charge in [0.1, 0.15) is 12.3 Å². The molecule has 0 saturated carbocycles. The van der Waals surface area contributed by atoms with Gasteiger partial charge in [-0.25, -0.2) is 18.2 Å². The summed E-state index contributed by atoms with van der Waals surface area (Å²) >= 11 is 0. The van der Waals surface area contributed by atoms with Crippen molar-refractivity contribution in [3.8, 4) is 5.75 Å². The molecule has 1 aliphatic rings. The number of imide groups is 1. The third kappa shape index (κ3) is 5.37. The molecule has 0 radical (unpaired) electrons. The molecule has 0 spiro atoms. The maximum absolute atomic E-state index is 13.5. The number of amides is 4. The zero-order valence-electron chi connectivity index (χ0n) is 18.4. The number of aliphatic imine (C=N–C) groups is 1. The summed E-state index contributed by atoms with van der Waals surface area (Å²) in [5.41, 5.74) is 1.55. The maximum atomic E-state index is 13.5. The number of anilines is 2. The fraction of sp³-hybridized carbons (Fsp3) is 0.273. The second-order valence-corrected chi connectivity index (χ2v) is 9.22. The molecule has 1 aliphatic heterocycles. The quantitative estimate of drug-likeness (QED) is 0.604. The Hall–Kier alpha value is -3.73. The number of rotatable bonds is 8. The van der Waals surface area contributed by atoms with E-state index in [4.69, 9.17) is 4.74 Å². The van der Waals surface area contributed by atoms with Gasteiger partial charge >= 0.3 is 6.03 Å². The van der Waals surface area contributed by atoms with Crippen LogP contribution in [0.15, 0.2) is 53.5 Å². The predicted octanol–water partition coefficient (Wildman–Crippen LogP) is 2.11. The number of carbonyl (C=O) groups excluding carboxylic acids is 3. The molecule has 1 heterocycles. The molecule has 2 aromatic carbocycles. The first-order chi connectivity index (χ1) is 15.6. The van der Waals surface area contributed by atoms with Crippen LogP contribution in [0.25, 0.3) is 0 Å². The molecule has 4 amide bonds. The zero-order valence-corrected chi connectivity index (χ0v) is 19.2. The maximum Gasteiger partial charge on any atom is 0.347 e. The average Bonchev–Trinajstić information content (AvgIpc) is 2.77. The van der Waals surface area contributed by atoms with Gasteiger partial charge in [-0.3, -0.25) is 19.2 Å². The molecule has 0 aliphatic carbocycles. The van der Waals surface area contributed by atoms with Crippen molar-refractivity contribution < 1.29 is 27.5 Å². The number of hydrogen-bond donors (Lipinski definition) is 2. The first-order valence-electron chi connectivity index (χ1n) is 10.1. The Balaban J connectivity index is 1.94. The molecule has 3 rings (SSSR count). The van der Waals surface area contributed by atoms with E-state index >= 15 is 0 Å². The number of nitrogens with one attached hydrogen (secondary N) is 2. The van der Waals surface area contributed by atoms with Crippen molar-refractivity contribution in [3.05, 3.63) is 54.1 Å². The van der Waals surface area contributed by atoms with Crippen LogP contribution in [0.2, 0.25) is 0 Å². The molecule has 10 nitrogen and oxygen atoms in total. The summed E-state index contributed by atoms with van der Waals surface area (Å²) in [6.07, 6.45) is 0.838. The van der Waals surface area contributed by atoms with Crippen molar-refractivity contribution in [2.24, 2.45) is 4.99 Å². The van der Waals surface area contributed by atoms with E-state index in [2.05, 4.69) is 10.3 Å². The minimum absolute atomic E-state index is 0.143. The Labute approximate surface area is 191 Å². The average molecular weight is 473 g/mol. The molecule has 174 valence electrons. The van der Waals surface area contributed by atoms with Crippen LogP contribution in [-0.4, -0.2) is 50.9 Å². The third-order valence-electron chi connectivity index (χ3n) is 5.02. The molecule has 0 aromatic heterocycles. The smallest absolute Gasteiger partial charge is 0.347 e. The van der Waals surface area contributed by atoms with Crippen LogP contribution < -0.4 is 19.7 Å². The van der Waals surface area contributed by atoms with Crippen molar-refractivity contribution in [1.29, 1.82) is 0 Å². The lowest BCUT2D eigenvalue weighted by molar-refractivity contribution is -0.119. The number of ether oxygens (including phenoxy) is 1. The summed E-state index contributed by atoms with van der Waals surface area (Å²) in [5, 5.41) is 2.81. The number of benzene rings is 2. The standard InChI is InChI=1S/C22H24N4O6S/c1-4-15-5-7-16(8-6-15)24-19(27)13-26(17-9-11-18(32-3)12-10-17)33(30,31)20-14(2)23-22(29)25-21(20)28/h5-12,20H,4,13H2,1-3H3,(H,24,27)(H,25,28,29). The van der Waals surface area contributed by atoms with E-state index in [9.17, 15) is 22.8 Å². The molecule has 0 fully saturated rings. The second-order valence-electron chi connectivity index (χ2n) is 7.28. The number of nitrogens with zero attached hydrogens (tertiary/aromatic N) is 2. The molecule has 2 aromatic rings. The van der Waals surface area contributed by atoms with Crippen molar-refractivity contribution >= 4 is 45.0 Å². The van der Waals surface area contributed by atoms with Crippen LogP contribution >= 0.6 is 0 Å². The Morgan fingerprint density at radius 3 is 2.30 bits per heavy atom. The van der Waals surface area contributed by atoms with Gasteiger partial charge in [0.15, 0.2) is 5.25 Å². The highest BCUT2D eigenvalue weighted by molar-refractivity contribution is 7.95. The van der Waals surface area contributed by atoms with Gasteiger partial charge in [-0.15, -0.1) is 0 Å². The Morgan fingerprint density at radius 1 is 1.12 bits per heavy atom. The number of methoxy groups -OCH3 is 1. The van der Waals surface area contributed by atoms with E-state index in [1.165, 1.54) is 38.3 Å². The van der Waals surface area contributed by atoms with Gasteiger partial charge in [-0.2, -0.15) is 0 Å². The lowest BCUT2D eigenvalue weighted by atomic mass is 10.1. The van der Waals surface area contributed by atoms with E-state index in [-0.39, 0.29) is 11.4 Å². The largest absolute Gasteiger partial charge is 0.497 e. The topological polar surface area (TPSA) is 134 Å². The summed E-state index contributed by atoms with van der Waals surface area (Å²) in [6.45, 7) is 2.68. The Bertz CT molecular complexity index is 1190. The van der Waals surface area contributed by atoms with E-state index in [1.54, 1.807) is 12.1 Å². The van der Waals surface area contributed by atoms with E-state index in [0.717, 1.165) is 16.3 Å². The molecule has 0 bridgehead atoms. The Morgan fingerprint density at radius 2 is 1.76 bits per heavy atom. The fourth-order valence-electron chi connectivity index (χ4n) is 3.32. The van der Waals surface area contributed by atoms with Crippen molar-refractivity contribution in [1.82, 2.24) is 5.32 Å². The zero-order chi connectivity index (χ0) is 24.2. The van der Waals surface area contributed by atoms with Gasteiger partial charge in [0.2, 0.25) is 5.91 Å². The van der Waals surface area contributed by atoms with Gasteiger partial charge < -0.3 is 10.1 Å². The van der Waals surface area contributed by atoms with Crippen LogP contribution in [0.1, 0.15) is 19.4 Å². The summed E-state index contributed by atoms with van der Waals surface area (Å²) < 4.78 is 32.9. The number of hydrogen-bond acceptors (Lipinski definition) is 6. The van der Waals surface area contributed by atoms with Gasteiger partial charge in [-0.05, 0) is 55.3 Å². The van der Waals surface area contributed by atoms with Crippen LogP contribution in [0.5, 0.6) is 5.75 Å². The van der Waals surface area contributed by atoms with Crippen LogP contribution in [-0.2, 0) is 26.0 Å². The normalized spacial score (nSPS) is 16.0. The predicted molar refractivity (Wildman–Crippen MR) is 124 cm³/mol. The molecular weight excluding hydrogens is 448 g/mol. The SMILES string of the molecule is CCc1ccc(NC(=O)CN(c2ccc(OC)cc2)S(=O)(=O)C2C(=O)NC(=O)N=C2C)cc1. The van der Waals surface area contributed by atoms with Gasteiger partial charge in [-0.1, -0.05) is 19.1 Å². The number of carbonyl (C=O) groups is 3. The number of urea groups is 1. The molecule has 1 unspecified atom stereocenters. The van der Waals surface area contributed by atoms with E-state index in [0.29, 0.717) is 11.4 Å². The van der Waals surface area contributed by atoms with E-state index in [1.807, 2.05) is 24.4 Å². The molecule has 33 heavy (non-hydrogen) atoms. The third-order valence-corrected chi connectivity index (χ3v) is 7.13. The van der Waals surface area contributed by atoms with Crippen molar-refractivity contribution in [2.45, 2.75) is 25.5 Å². The highest BCUT2D eigenvalue weighted by Crippen LogP contribution is 2.25. The van der Waals surface area contributed by atoms with Gasteiger partial charge in [0.25, 0.3) is 15.9 Å². The van der Waals surface area contributed by atoms with E-state index < -0.39 is 39.7 Å². The molecule has 0 saturated heterocycles. The van der Waals surface area contributed by atoms with Gasteiger partial charge in [0, 0.05) is 5.69 Å². The monoisotopic (exact) mass is 472 g/mol. The Kier molecular flexibility index (Phi) is 7.12.